The Morgan fingerprint density at radius 1 is 1.50 bits per heavy atom. The molecule has 1 aromatic heterocycles. The summed E-state index contributed by atoms with van der Waals surface area (Å²) in [6.45, 7) is 0. The average molecular weight is 233 g/mol. The molecule has 0 bridgehead atoms. The van der Waals surface area contributed by atoms with Crippen molar-refractivity contribution in [2.75, 3.05) is 0 Å². The Kier molecular flexibility index (Phi) is 3.22. The number of nitriles is 1. The number of H-pyrrole nitrogens is 1. The normalized spacial score (nSPS) is 10.0. The van der Waals surface area contributed by atoms with Gasteiger partial charge in [0.15, 0.2) is 5.16 Å². The zero-order chi connectivity index (χ0) is 11.4. The fourth-order valence-electron chi connectivity index (χ4n) is 1.25. The van der Waals surface area contributed by atoms with Gasteiger partial charge in [0, 0.05) is 18.1 Å². The molecule has 0 unspecified atom stereocenters. The lowest BCUT2D eigenvalue weighted by atomic mass is 10.1. The molecule has 0 fully saturated rings. The third-order valence-corrected chi connectivity index (χ3v) is 2.98. The SMILES string of the molecule is N#Cc1cc(F)ccc1CSc1ncc[nH]1. The van der Waals surface area contributed by atoms with Gasteiger partial charge in [0.2, 0.25) is 0 Å². The number of benzene rings is 1. The van der Waals surface area contributed by atoms with Crippen LogP contribution in [0.4, 0.5) is 4.39 Å². The molecule has 1 heterocycles. The van der Waals surface area contributed by atoms with Gasteiger partial charge in [0.1, 0.15) is 5.82 Å². The number of halogens is 1. The van der Waals surface area contributed by atoms with Crippen LogP contribution in [0.1, 0.15) is 11.1 Å². The van der Waals surface area contributed by atoms with Crippen LogP contribution >= 0.6 is 11.8 Å². The summed E-state index contributed by atoms with van der Waals surface area (Å²) in [6.07, 6.45) is 3.40. The van der Waals surface area contributed by atoms with E-state index in [0.29, 0.717) is 11.3 Å². The minimum Gasteiger partial charge on any atom is -0.340 e. The number of rotatable bonds is 3. The van der Waals surface area contributed by atoms with E-state index in [2.05, 4.69) is 9.97 Å². The Hall–Kier alpha value is -1.80. The topological polar surface area (TPSA) is 52.5 Å². The van der Waals surface area contributed by atoms with Crippen molar-refractivity contribution in [3.05, 3.63) is 47.5 Å². The number of imidazole rings is 1. The van der Waals surface area contributed by atoms with Crippen LogP contribution in [0.3, 0.4) is 0 Å². The molecule has 0 saturated heterocycles. The van der Waals surface area contributed by atoms with Crippen LogP contribution in [0.25, 0.3) is 0 Å². The lowest BCUT2D eigenvalue weighted by molar-refractivity contribution is 0.627. The van der Waals surface area contributed by atoms with Crippen molar-refractivity contribution in [3.63, 3.8) is 0 Å². The summed E-state index contributed by atoms with van der Waals surface area (Å²) >= 11 is 1.48. The molecule has 0 atom stereocenters. The maximum Gasteiger partial charge on any atom is 0.165 e. The van der Waals surface area contributed by atoms with Crippen molar-refractivity contribution in [2.45, 2.75) is 10.9 Å². The van der Waals surface area contributed by atoms with Crippen molar-refractivity contribution in [1.29, 1.82) is 5.26 Å². The third-order valence-electron chi connectivity index (χ3n) is 2.03. The van der Waals surface area contributed by atoms with Gasteiger partial charge in [-0.1, -0.05) is 17.8 Å². The van der Waals surface area contributed by atoms with Gasteiger partial charge in [-0.15, -0.1) is 0 Å². The summed E-state index contributed by atoms with van der Waals surface area (Å²) < 4.78 is 12.9. The first-order valence-electron chi connectivity index (χ1n) is 4.60. The Labute approximate surface area is 96.3 Å². The second-order valence-electron chi connectivity index (χ2n) is 3.10. The summed E-state index contributed by atoms with van der Waals surface area (Å²) in [6, 6.07) is 6.22. The number of thioether (sulfide) groups is 1. The predicted molar refractivity (Wildman–Crippen MR) is 59.3 cm³/mol. The van der Waals surface area contributed by atoms with E-state index in [-0.39, 0.29) is 5.82 Å². The van der Waals surface area contributed by atoms with E-state index in [4.69, 9.17) is 5.26 Å². The lowest BCUT2D eigenvalue weighted by Crippen LogP contribution is -1.89. The molecule has 0 amide bonds. The highest BCUT2D eigenvalue weighted by Crippen LogP contribution is 2.21. The fourth-order valence-corrected chi connectivity index (χ4v) is 2.09. The molecular formula is C11H8FN3S. The average Bonchev–Trinajstić information content (AvgIpc) is 2.80. The van der Waals surface area contributed by atoms with E-state index in [9.17, 15) is 4.39 Å². The van der Waals surface area contributed by atoms with Gasteiger partial charge in [0.25, 0.3) is 0 Å². The second-order valence-corrected chi connectivity index (χ2v) is 4.06. The van der Waals surface area contributed by atoms with Crippen LogP contribution < -0.4 is 0 Å². The van der Waals surface area contributed by atoms with Gasteiger partial charge in [-0.2, -0.15) is 5.26 Å². The van der Waals surface area contributed by atoms with Crippen molar-refractivity contribution in [1.82, 2.24) is 9.97 Å². The molecule has 2 rings (SSSR count). The molecule has 0 aliphatic heterocycles. The van der Waals surface area contributed by atoms with Gasteiger partial charge in [0.05, 0.1) is 11.6 Å². The Morgan fingerprint density at radius 3 is 3.06 bits per heavy atom. The minimum absolute atomic E-state index is 0.374. The monoisotopic (exact) mass is 233 g/mol. The van der Waals surface area contributed by atoms with Crippen LogP contribution in [0.5, 0.6) is 0 Å². The largest absolute Gasteiger partial charge is 0.340 e. The summed E-state index contributed by atoms with van der Waals surface area (Å²) in [5.41, 5.74) is 1.18. The fraction of sp³-hybridized carbons (Fsp3) is 0.0909. The summed E-state index contributed by atoms with van der Waals surface area (Å²) in [5.74, 6) is 0.208. The number of nitrogens with one attached hydrogen (secondary N) is 1. The number of hydrogen-bond acceptors (Lipinski definition) is 3. The highest BCUT2D eigenvalue weighted by Gasteiger charge is 2.05. The Balaban J connectivity index is 2.13. The van der Waals surface area contributed by atoms with Crippen LogP contribution in [-0.4, -0.2) is 9.97 Å². The number of hydrogen-bond donors (Lipinski definition) is 1. The molecular weight excluding hydrogens is 225 g/mol. The number of aromatic amines is 1. The second kappa shape index (κ2) is 4.81. The standard InChI is InChI=1S/C11H8FN3S/c12-10-2-1-8(9(5-10)6-13)7-16-11-14-3-4-15-11/h1-5H,7H2,(H,14,15). The number of nitrogens with zero attached hydrogens (tertiary/aromatic N) is 2. The molecule has 2 aromatic rings. The highest BCUT2D eigenvalue weighted by molar-refractivity contribution is 7.98. The van der Waals surface area contributed by atoms with E-state index in [0.717, 1.165) is 10.7 Å². The summed E-state index contributed by atoms with van der Waals surface area (Å²) in [5, 5.41) is 9.64. The molecule has 0 aliphatic carbocycles. The first-order chi connectivity index (χ1) is 7.79. The van der Waals surface area contributed by atoms with Gasteiger partial charge < -0.3 is 4.98 Å². The van der Waals surface area contributed by atoms with E-state index in [1.807, 2.05) is 6.07 Å². The van der Waals surface area contributed by atoms with Crippen molar-refractivity contribution in [2.24, 2.45) is 0 Å². The molecule has 3 nitrogen and oxygen atoms in total. The molecule has 0 saturated carbocycles. The Bertz CT molecular complexity index is 517. The molecule has 0 aliphatic rings. The van der Waals surface area contributed by atoms with Gasteiger partial charge >= 0.3 is 0 Å². The molecule has 1 aromatic carbocycles. The van der Waals surface area contributed by atoms with Gasteiger partial charge in [-0.05, 0) is 17.7 Å². The van der Waals surface area contributed by atoms with Crippen LogP contribution in [-0.2, 0) is 5.75 Å². The van der Waals surface area contributed by atoms with E-state index in [1.165, 1.54) is 23.9 Å². The molecule has 5 heteroatoms. The summed E-state index contributed by atoms with van der Waals surface area (Å²) in [7, 11) is 0. The van der Waals surface area contributed by atoms with Crippen molar-refractivity contribution in [3.8, 4) is 6.07 Å². The molecule has 16 heavy (non-hydrogen) atoms. The third kappa shape index (κ3) is 2.41. The zero-order valence-electron chi connectivity index (χ0n) is 8.27. The maximum atomic E-state index is 12.9. The molecule has 0 spiro atoms. The molecule has 80 valence electrons. The zero-order valence-corrected chi connectivity index (χ0v) is 9.09. The molecule has 1 N–H and O–H groups in total. The molecule has 0 radical (unpaired) electrons. The van der Waals surface area contributed by atoms with E-state index in [1.54, 1.807) is 18.5 Å². The quantitative estimate of drug-likeness (QED) is 0.829. The smallest absolute Gasteiger partial charge is 0.165 e. The maximum absolute atomic E-state index is 12.9. The predicted octanol–water partition coefficient (Wildman–Crippen LogP) is 2.71. The number of aromatic nitrogens is 2. The van der Waals surface area contributed by atoms with Gasteiger partial charge in [-0.25, -0.2) is 9.37 Å². The van der Waals surface area contributed by atoms with E-state index < -0.39 is 0 Å². The van der Waals surface area contributed by atoms with Crippen molar-refractivity contribution >= 4 is 11.8 Å². The van der Waals surface area contributed by atoms with Crippen LogP contribution in [0, 0.1) is 17.1 Å². The van der Waals surface area contributed by atoms with Crippen molar-refractivity contribution < 1.29 is 4.39 Å². The highest BCUT2D eigenvalue weighted by atomic mass is 32.2. The lowest BCUT2D eigenvalue weighted by Gasteiger charge is -2.02. The Morgan fingerprint density at radius 2 is 2.38 bits per heavy atom. The minimum atomic E-state index is -0.386. The summed E-state index contributed by atoms with van der Waals surface area (Å²) in [4.78, 5) is 7.01. The first kappa shape index (κ1) is 10.7. The van der Waals surface area contributed by atoms with Crippen LogP contribution in [0.15, 0.2) is 35.7 Å². The first-order valence-corrected chi connectivity index (χ1v) is 5.59. The van der Waals surface area contributed by atoms with Crippen LogP contribution in [0.2, 0.25) is 0 Å². The van der Waals surface area contributed by atoms with Gasteiger partial charge in [-0.3, -0.25) is 0 Å². The van der Waals surface area contributed by atoms with E-state index >= 15 is 0 Å².